The summed E-state index contributed by atoms with van der Waals surface area (Å²) in [7, 11) is 0. The molecule has 1 N–H and O–H groups in total. The van der Waals surface area contributed by atoms with Crippen LogP contribution in [0.1, 0.15) is 18.9 Å². The third-order valence-electron chi connectivity index (χ3n) is 4.91. The van der Waals surface area contributed by atoms with E-state index in [1.165, 1.54) is 0 Å². The summed E-state index contributed by atoms with van der Waals surface area (Å²) in [5.41, 5.74) is 1.78. The third-order valence-corrected chi connectivity index (χ3v) is 4.91. The molecule has 3 heterocycles. The van der Waals surface area contributed by atoms with Crippen molar-refractivity contribution in [2.75, 3.05) is 13.2 Å². The molecule has 2 aromatic carbocycles. The lowest BCUT2D eigenvalue weighted by atomic mass is 10.1. The van der Waals surface area contributed by atoms with E-state index in [0.29, 0.717) is 18.6 Å². The van der Waals surface area contributed by atoms with Gasteiger partial charge in [0, 0.05) is 29.4 Å². The molecule has 1 aliphatic heterocycles. The number of hydrogen-bond acceptors (Lipinski definition) is 4. The molecule has 0 radical (unpaired) electrons. The number of aromatic amines is 1. The van der Waals surface area contributed by atoms with Gasteiger partial charge >= 0.3 is 0 Å². The van der Waals surface area contributed by atoms with Crippen LogP contribution >= 0.6 is 0 Å². The molecule has 120 valence electrons. The minimum Gasteiger partial charge on any atom is -0.381 e. The fourth-order valence-electron chi connectivity index (χ4n) is 3.69. The summed E-state index contributed by atoms with van der Waals surface area (Å²) in [6.07, 6.45) is 3.38. The first kappa shape index (κ1) is 13.7. The maximum Gasteiger partial charge on any atom is 0.273 e. The molecule has 6 heteroatoms. The Morgan fingerprint density at radius 2 is 1.92 bits per heavy atom. The molecule has 0 amide bonds. The molecule has 0 saturated carbocycles. The highest BCUT2D eigenvalue weighted by atomic mass is 16.5. The fourth-order valence-corrected chi connectivity index (χ4v) is 3.69. The molecular weight excluding hydrogens is 304 g/mol. The van der Waals surface area contributed by atoms with E-state index >= 15 is 0 Å². The first-order valence-corrected chi connectivity index (χ1v) is 8.18. The summed E-state index contributed by atoms with van der Waals surface area (Å²) >= 11 is 0. The summed E-state index contributed by atoms with van der Waals surface area (Å²) in [5.74, 6) is 0. The van der Waals surface area contributed by atoms with Crippen molar-refractivity contribution >= 4 is 32.6 Å². The van der Waals surface area contributed by atoms with E-state index in [9.17, 15) is 4.79 Å². The molecule has 0 atom stereocenters. The number of aromatic nitrogens is 4. The van der Waals surface area contributed by atoms with E-state index in [1.807, 2.05) is 30.3 Å². The van der Waals surface area contributed by atoms with E-state index in [2.05, 4.69) is 15.3 Å². The number of nitrogens with zero attached hydrogens (tertiary/aromatic N) is 3. The highest BCUT2D eigenvalue weighted by Gasteiger charge is 2.20. The van der Waals surface area contributed by atoms with Gasteiger partial charge in [-0.1, -0.05) is 6.07 Å². The zero-order valence-corrected chi connectivity index (χ0v) is 13.0. The molecule has 24 heavy (non-hydrogen) atoms. The topological polar surface area (TPSA) is 72.8 Å². The van der Waals surface area contributed by atoms with Gasteiger partial charge in [-0.05, 0) is 37.1 Å². The average Bonchev–Trinajstić information content (AvgIpc) is 2.97. The molecule has 4 aromatic rings. The second-order valence-electron chi connectivity index (χ2n) is 6.25. The maximum atomic E-state index is 13.1. The number of fused-ring (bicyclic) bond motifs is 2. The van der Waals surface area contributed by atoms with Gasteiger partial charge in [-0.25, -0.2) is 4.68 Å². The summed E-state index contributed by atoms with van der Waals surface area (Å²) in [6, 6.07) is 9.97. The molecule has 1 fully saturated rings. The third kappa shape index (κ3) is 1.89. The largest absolute Gasteiger partial charge is 0.381 e. The van der Waals surface area contributed by atoms with Crippen LogP contribution < -0.4 is 5.56 Å². The first-order valence-electron chi connectivity index (χ1n) is 8.18. The molecule has 1 saturated heterocycles. The van der Waals surface area contributed by atoms with Crippen molar-refractivity contribution in [2.45, 2.75) is 18.9 Å². The van der Waals surface area contributed by atoms with Crippen LogP contribution in [0.5, 0.6) is 0 Å². The van der Waals surface area contributed by atoms with E-state index in [-0.39, 0.29) is 11.6 Å². The number of ether oxygens (including phenoxy) is 1. The molecular formula is C18H16N4O2. The van der Waals surface area contributed by atoms with Crippen molar-refractivity contribution in [1.82, 2.24) is 20.0 Å². The predicted octanol–water partition coefficient (Wildman–Crippen LogP) is 2.78. The highest BCUT2D eigenvalue weighted by molar-refractivity contribution is 6.17. The lowest BCUT2D eigenvalue weighted by Crippen LogP contribution is -2.31. The van der Waals surface area contributed by atoms with E-state index in [4.69, 9.17) is 4.74 Å². The molecule has 6 nitrogen and oxygen atoms in total. The van der Waals surface area contributed by atoms with E-state index in [1.54, 1.807) is 10.9 Å². The zero-order valence-electron chi connectivity index (χ0n) is 13.0. The van der Waals surface area contributed by atoms with Gasteiger partial charge in [-0.15, -0.1) is 5.10 Å². The Morgan fingerprint density at radius 1 is 1.08 bits per heavy atom. The van der Waals surface area contributed by atoms with Crippen LogP contribution in [0.15, 0.2) is 41.3 Å². The molecule has 0 unspecified atom stereocenters. The molecule has 0 bridgehead atoms. The van der Waals surface area contributed by atoms with Crippen LogP contribution in [-0.4, -0.2) is 33.2 Å². The lowest BCUT2D eigenvalue weighted by Gasteiger charge is -2.24. The highest BCUT2D eigenvalue weighted by Crippen LogP contribution is 2.30. The van der Waals surface area contributed by atoms with Gasteiger partial charge in [0.15, 0.2) is 0 Å². The average molecular weight is 320 g/mol. The minimum absolute atomic E-state index is 0.0128. The van der Waals surface area contributed by atoms with E-state index < -0.39 is 0 Å². The van der Waals surface area contributed by atoms with Gasteiger partial charge in [-0.3, -0.25) is 9.89 Å². The maximum absolute atomic E-state index is 13.1. The number of nitrogens with one attached hydrogen (secondary N) is 1. The van der Waals surface area contributed by atoms with Crippen molar-refractivity contribution in [3.05, 3.63) is 46.9 Å². The van der Waals surface area contributed by atoms with Crippen molar-refractivity contribution < 1.29 is 4.74 Å². The Bertz CT molecular complexity index is 1120. The van der Waals surface area contributed by atoms with Gasteiger partial charge in [0.2, 0.25) is 0 Å². The smallest absolute Gasteiger partial charge is 0.273 e. The number of hydrogen-bond donors (Lipinski definition) is 1. The zero-order chi connectivity index (χ0) is 16.1. The first-order chi connectivity index (χ1) is 11.8. The van der Waals surface area contributed by atoms with Crippen LogP contribution in [0.3, 0.4) is 0 Å². The molecule has 0 aliphatic carbocycles. The normalized spacial score (nSPS) is 16.3. The summed E-state index contributed by atoms with van der Waals surface area (Å²) in [6.45, 7) is 1.39. The summed E-state index contributed by atoms with van der Waals surface area (Å²) < 4.78 is 7.20. The van der Waals surface area contributed by atoms with Crippen molar-refractivity contribution in [3.8, 4) is 0 Å². The predicted molar refractivity (Wildman–Crippen MR) is 92.3 cm³/mol. The fraction of sp³-hybridized carbons (Fsp3) is 0.278. The summed E-state index contributed by atoms with van der Waals surface area (Å²) in [4.78, 5) is 13.1. The van der Waals surface area contributed by atoms with Crippen LogP contribution in [0.25, 0.3) is 32.6 Å². The minimum atomic E-state index is 0.0128. The second-order valence-corrected chi connectivity index (χ2v) is 6.25. The Morgan fingerprint density at radius 3 is 2.79 bits per heavy atom. The standard InChI is InChI=1S/C18H16N4O2/c23-18-14-2-1-11-5-8-19-20-17(11)13-3-4-15(16(13)14)21-22(18)12-6-9-24-10-7-12/h1-5,8,12,21H,6-7,9-10H2. The van der Waals surface area contributed by atoms with E-state index in [0.717, 1.165) is 40.0 Å². The van der Waals surface area contributed by atoms with Gasteiger partial charge in [0.05, 0.1) is 23.1 Å². The van der Waals surface area contributed by atoms with Gasteiger partial charge in [-0.2, -0.15) is 5.10 Å². The Kier molecular flexibility index (Phi) is 2.93. The van der Waals surface area contributed by atoms with Crippen molar-refractivity contribution in [1.29, 1.82) is 0 Å². The van der Waals surface area contributed by atoms with Gasteiger partial charge in [0.1, 0.15) is 5.52 Å². The molecule has 2 aromatic heterocycles. The van der Waals surface area contributed by atoms with Gasteiger partial charge < -0.3 is 4.74 Å². The SMILES string of the molecule is O=c1c2ccc3ccnnc3c3ccc([nH]n1C1CCOCC1)c23. The number of rotatable bonds is 1. The van der Waals surface area contributed by atoms with Crippen LogP contribution in [-0.2, 0) is 4.74 Å². The Hall–Kier alpha value is -2.73. The molecule has 1 aliphatic rings. The number of H-pyrrole nitrogens is 1. The molecule has 0 spiro atoms. The monoisotopic (exact) mass is 320 g/mol. The summed E-state index contributed by atoms with van der Waals surface area (Å²) in [5, 5.41) is 15.2. The van der Waals surface area contributed by atoms with Crippen LogP contribution in [0.2, 0.25) is 0 Å². The molecule has 5 rings (SSSR count). The van der Waals surface area contributed by atoms with Crippen LogP contribution in [0, 0.1) is 0 Å². The lowest BCUT2D eigenvalue weighted by molar-refractivity contribution is 0.0652. The Labute approximate surface area is 137 Å². The van der Waals surface area contributed by atoms with Crippen LogP contribution in [0.4, 0.5) is 0 Å². The quantitative estimate of drug-likeness (QED) is 0.585. The van der Waals surface area contributed by atoms with Gasteiger partial charge in [0.25, 0.3) is 5.56 Å². The van der Waals surface area contributed by atoms with Crippen molar-refractivity contribution in [2.24, 2.45) is 0 Å². The Balaban J connectivity index is 1.90. The second kappa shape index (κ2) is 5.14. The van der Waals surface area contributed by atoms with Crippen molar-refractivity contribution in [3.63, 3.8) is 0 Å².